The number of ether oxygens (including phenoxy) is 1. The Kier molecular flexibility index (Phi) is 5.32. The molecule has 7 heteroatoms. The number of aromatic nitrogens is 3. The van der Waals surface area contributed by atoms with Gasteiger partial charge < -0.3 is 10.1 Å². The first-order valence-corrected chi connectivity index (χ1v) is 11.7. The van der Waals surface area contributed by atoms with Crippen LogP contribution in [-0.4, -0.2) is 31.6 Å². The lowest BCUT2D eigenvalue weighted by Gasteiger charge is -2.48. The summed E-state index contributed by atoms with van der Waals surface area (Å²) in [5, 5.41) is 3.27. The van der Waals surface area contributed by atoms with Crippen LogP contribution in [0.25, 0.3) is 5.65 Å². The van der Waals surface area contributed by atoms with Crippen LogP contribution in [0.4, 0.5) is 4.79 Å². The van der Waals surface area contributed by atoms with Crippen molar-refractivity contribution in [3.63, 3.8) is 0 Å². The van der Waals surface area contributed by atoms with Crippen molar-refractivity contribution in [1.29, 1.82) is 0 Å². The van der Waals surface area contributed by atoms with Crippen molar-refractivity contribution in [3.05, 3.63) is 28.0 Å². The quantitative estimate of drug-likeness (QED) is 0.546. The molecule has 0 aliphatic heterocycles. The van der Waals surface area contributed by atoms with Gasteiger partial charge in [0.25, 0.3) is 0 Å². The van der Waals surface area contributed by atoms with Gasteiger partial charge in [0.2, 0.25) is 0 Å². The number of nitrogens with one attached hydrogen (secondary N) is 1. The van der Waals surface area contributed by atoms with E-state index < -0.39 is 5.60 Å². The summed E-state index contributed by atoms with van der Waals surface area (Å²) < 4.78 is 8.80. The van der Waals surface area contributed by atoms with Gasteiger partial charge in [0, 0.05) is 30.0 Å². The Bertz CT molecular complexity index is 911. The van der Waals surface area contributed by atoms with Gasteiger partial charge in [-0.25, -0.2) is 14.8 Å². The molecule has 2 aliphatic rings. The zero-order valence-corrected chi connectivity index (χ0v) is 20.0. The van der Waals surface area contributed by atoms with E-state index >= 15 is 0 Å². The highest BCUT2D eigenvalue weighted by Gasteiger charge is 2.54. The molecule has 2 aromatic rings. The van der Waals surface area contributed by atoms with Crippen molar-refractivity contribution in [2.45, 2.75) is 89.7 Å². The van der Waals surface area contributed by atoms with Crippen molar-refractivity contribution >= 4 is 34.3 Å². The fourth-order valence-electron chi connectivity index (χ4n) is 5.49. The molecule has 0 radical (unpaired) electrons. The lowest BCUT2D eigenvalue weighted by Crippen LogP contribution is -2.56. The number of carbonyl (C=O) groups is 1. The molecule has 1 N–H and O–H groups in total. The van der Waals surface area contributed by atoms with E-state index in [4.69, 9.17) is 9.72 Å². The van der Waals surface area contributed by atoms with Gasteiger partial charge in [-0.05, 0) is 94.2 Å². The largest absolute Gasteiger partial charge is 0.444 e. The molecular weight excluding hydrogens is 479 g/mol. The molecule has 2 heterocycles. The minimum absolute atomic E-state index is 0.150. The molecule has 0 bridgehead atoms. The van der Waals surface area contributed by atoms with Gasteiger partial charge >= 0.3 is 6.09 Å². The number of hydrogen-bond acceptors (Lipinski definition) is 4. The highest BCUT2D eigenvalue weighted by molar-refractivity contribution is 14.1. The van der Waals surface area contributed by atoms with Crippen LogP contribution in [0.3, 0.4) is 0 Å². The smallest absolute Gasteiger partial charge is 0.408 e. The standard InChI is InChI=1S/C22H31IN4O2/c1-20(2,3)29-19(28)26-21(4)8-5-9-22(21)10-6-15(7-11-22)17-25-14-16(23)18-24-12-13-27(17)18/h12-15H,5-11H2,1-4H3,(H,26,28). The maximum Gasteiger partial charge on any atom is 0.408 e. The SMILES string of the molecule is CC(C)(C)OC(=O)NC1(C)CCCC12CCC(c1ncc(I)c3nccn13)CC2. The normalized spacial score (nSPS) is 30.0. The van der Waals surface area contributed by atoms with E-state index in [1.165, 1.54) is 6.42 Å². The maximum absolute atomic E-state index is 12.5. The van der Waals surface area contributed by atoms with Gasteiger partial charge in [-0.3, -0.25) is 4.40 Å². The topological polar surface area (TPSA) is 68.5 Å². The van der Waals surface area contributed by atoms with Crippen molar-refractivity contribution in [2.75, 3.05) is 0 Å². The summed E-state index contributed by atoms with van der Waals surface area (Å²) in [6.45, 7) is 7.96. The van der Waals surface area contributed by atoms with Gasteiger partial charge in [-0.15, -0.1) is 0 Å². The second-order valence-corrected chi connectivity index (χ2v) is 11.1. The molecular formula is C22H31IN4O2. The van der Waals surface area contributed by atoms with E-state index in [1.54, 1.807) is 0 Å². The van der Waals surface area contributed by atoms with Crippen LogP contribution in [0, 0.1) is 8.99 Å². The van der Waals surface area contributed by atoms with Gasteiger partial charge in [0.15, 0.2) is 5.65 Å². The Morgan fingerprint density at radius 1 is 1.24 bits per heavy atom. The summed E-state index contributed by atoms with van der Waals surface area (Å²) in [7, 11) is 0. The molecule has 2 saturated carbocycles. The van der Waals surface area contributed by atoms with Crippen LogP contribution in [-0.2, 0) is 4.74 Å². The van der Waals surface area contributed by atoms with Crippen LogP contribution in [0.2, 0.25) is 0 Å². The van der Waals surface area contributed by atoms with Crippen molar-refractivity contribution in [1.82, 2.24) is 19.7 Å². The van der Waals surface area contributed by atoms with Crippen LogP contribution in [0.5, 0.6) is 0 Å². The summed E-state index contributed by atoms with van der Waals surface area (Å²) in [6, 6.07) is 0. The second kappa shape index (κ2) is 7.39. The van der Waals surface area contributed by atoms with Crippen molar-refractivity contribution in [3.8, 4) is 0 Å². The Labute approximate surface area is 186 Å². The third kappa shape index (κ3) is 3.86. The molecule has 1 atom stereocenters. The minimum Gasteiger partial charge on any atom is -0.444 e. The molecule has 0 saturated heterocycles. The molecule has 1 unspecified atom stereocenters. The van der Waals surface area contributed by atoms with Crippen molar-refractivity contribution < 1.29 is 9.53 Å². The Balaban J connectivity index is 1.50. The summed E-state index contributed by atoms with van der Waals surface area (Å²) in [4.78, 5) is 21.8. The Morgan fingerprint density at radius 3 is 2.66 bits per heavy atom. The zero-order valence-electron chi connectivity index (χ0n) is 17.8. The third-order valence-electron chi connectivity index (χ3n) is 7.00. The Hall–Kier alpha value is -1.38. The molecule has 29 heavy (non-hydrogen) atoms. The van der Waals surface area contributed by atoms with E-state index in [0.717, 1.165) is 53.6 Å². The molecule has 6 nitrogen and oxygen atoms in total. The Morgan fingerprint density at radius 2 is 1.97 bits per heavy atom. The number of alkyl carbamates (subject to hydrolysis) is 1. The van der Waals surface area contributed by atoms with Crippen LogP contribution >= 0.6 is 22.6 Å². The summed E-state index contributed by atoms with van der Waals surface area (Å²) >= 11 is 2.29. The fraction of sp³-hybridized carbons (Fsp3) is 0.682. The van der Waals surface area contributed by atoms with Crippen LogP contribution < -0.4 is 5.32 Å². The minimum atomic E-state index is -0.476. The van der Waals surface area contributed by atoms with Crippen LogP contribution in [0.15, 0.2) is 18.6 Å². The second-order valence-electron chi connectivity index (χ2n) is 9.95. The number of carbonyl (C=O) groups excluding carboxylic acids is 1. The zero-order chi connectivity index (χ0) is 20.9. The van der Waals surface area contributed by atoms with Gasteiger partial charge in [0.05, 0.1) is 3.57 Å². The first kappa shape index (κ1) is 20.9. The van der Waals surface area contributed by atoms with Gasteiger partial charge in [-0.2, -0.15) is 0 Å². The van der Waals surface area contributed by atoms with E-state index in [9.17, 15) is 4.79 Å². The molecule has 158 valence electrons. The molecule has 2 fully saturated rings. The number of nitrogens with zero attached hydrogens (tertiary/aromatic N) is 3. The number of hydrogen-bond donors (Lipinski definition) is 1. The van der Waals surface area contributed by atoms with Gasteiger partial charge in [-0.1, -0.05) is 6.42 Å². The van der Waals surface area contributed by atoms with Gasteiger partial charge in [0.1, 0.15) is 11.4 Å². The average molecular weight is 510 g/mol. The number of imidazole rings is 1. The molecule has 2 aromatic heterocycles. The average Bonchev–Trinajstić information content (AvgIpc) is 3.21. The molecule has 4 rings (SSSR count). The maximum atomic E-state index is 12.5. The summed E-state index contributed by atoms with van der Waals surface area (Å²) in [5.74, 6) is 1.55. The molecule has 0 aromatic carbocycles. The first-order chi connectivity index (χ1) is 13.6. The predicted molar refractivity (Wildman–Crippen MR) is 121 cm³/mol. The van der Waals surface area contributed by atoms with Crippen molar-refractivity contribution in [2.24, 2.45) is 5.41 Å². The lowest BCUT2D eigenvalue weighted by molar-refractivity contribution is 0.0249. The third-order valence-corrected chi connectivity index (χ3v) is 7.76. The summed E-state index contributed by atoms with van der Waals surface area (Å²) in [6.07, 6.45) is 13.3. The highest BCUT2D eigenvalue weighted by atomic mass is 127. The highest BCUT2D eigenvalue weighted by Crippen LogP contribution is 2.57. The molecule has 2 aliphatic carbocycles. The summed E-state index contributed by atoms with van der Waals surface area (Å²) in [5.41, 5.74) is 0.464. The van der Waals surface area contributed by atoms with E-state index in [2.05, 4.69) is 44.2 Å². The molecule has 1 amide bonds. The first-order valence-electron chi connectivity index (χ1n) is 10.6. The van der Waals surface area contributed by atoms with E-state index in [0.29, 0.717) is 5.92 Å². The van der Waals surface area contributed by atoms with Crippen LogP contribution in [0.1, 0.15) is 84.4 Å². The fourth-order valence-corrected chi connectivity index (χ4v) is 6.02. The van der Waals surface area contributed by atoms with E-state index in [1.807, 2.05) is 39.4 Å². The lowest BCUT2D eigenvalue weighted by atomic mass is 9.62. The molecule has 1 spiro atoms. The number of amides is 1. The predicted octanol–water partition coefficient (Wildman–Crippen LogP) is 5.45. The number of fused-ring (bicyclic) bond motifs is 1. The van der Waals surface area contributed by atoms with E-state index in [-0.39, 0.29) is 17.0 Å². The monoisotopic (exact) mass is 510 g/mol. The number of halogens is 1. The number of rotatable bonds is 2.